The fourth-order valence-corrected chi connectivity index (χ4v) is 3.61. The van der Waals surface area contributed by atoms with Crippen LogP contribution in [0.2, 0.25) is 0 Å². The second-order valence-electron chi connectivity index (χ2n) is 6.37. The SMILES string of the molecule is CCOc1cc(CNCc2ccc3c(c2)OCO3)ccc1OCc1cccs1. The molecule has 1 N–H and O–H groups in total. The molecule has 2 aromatic carbocycles. The van der Waals surface area contributed by atoms with Crippen LogP contribution < -0.4 is 24.3 Å². The summed E-state index contributed by atoms with van der Waals surface area (Å²) in [4.78, 5) is 1.19. The topological polar surface area (TPSA) is 49.0 Å². The van der Waals surface area contributed by atoms with Crippen molar-refractivity contribution >= 4 is 11.3 Å². The molecule has 1 aromatic heterocycles. The van der Waals surface area contributed by atoms with Gasteiger partial charge in [-0.15, -0.1) is 11.3 Å². The molecule has 6 heteroatoms. The van der Waals surface area contributed by atoms with E-state index in [0.717, 1.165) is 47.2 Å². The number of benzene rings is 2. The van der Waals surface area contributed by atoms with E-state index in [2.05, 4.69) is 22.8 Å². The van der Waals surface area contributed by atoms with Gasteiger partial charge in [0.15, 0.2) is 23.0 Å². The molecule has 1 aliphatic heterocycles. The molecule has 0 spiro atoms. The number of ether oxygens (including phenoxy) is 4. The monoisotopic (exact) mass is 397 g/mol. The van der Waals surface area contributed by atoms with Crippen molar-refractivity contribution in [3.05, 3.63) is 69.9 Å². The highest BCUT2D eigenvalue weighted by atomic mass is 32.1. The van der Waals surface area contributed by atoms with E-state index >= 15 is 0 Å². The Morgan fingerprint density at radius 2 is 1.75 bits per heavy atom. The van der Waals surface area contributed by atoms with Crippen LogP contribution in [0.1, 0.15) is 22.9 Å². The lowest BCUT2D eigenvalue weighted by molar-refractivity contribution is 0.174. The van der Waals surface area contributed by atoms with Crippen molar-refractivity contribution in [2.75, 3.05) is 13.4 Å². The molecule has 0 saturated heterocycles. The van der Waals surface area contributed by atoms with E-state index in [1.165, 1.54) is 4.88 Å². The summed E-state index contributed by atoms with van der Waals surface area (Å²) in [7, 11) is 0. The maximum atomic E-state index is 5.94. The second kappa shape index (κ2) is 8.99. The zero-order chi connectivity index (χ0) is 19.2. The summed E-state index contributed by atoms with van der Waals surface area (Å²) in [5.41, 5.74) is 2.30. The van der Waals surface area contributed by atoms with E-state index in [-0.39, 0.29) is 0 Å². The minimum atomic E-state index is 0.299. The van der Waals surface area contributed by atoms with E-state index in [1.807, 2.05) is 43.3 Å². The normalized spacial score (nSPS) is 12.2. The summed E-state index contributed by atoms with van der Waals surface area (Å²) in [6.07, 6.45) is 0. The maximum absolute atomic E-state index is 5.94. The van der Waals surface area contributed by atoms with Gasteiger partial charge in [-0.3, -0.25) is 0 Å². The number of nitrogens with one attached hydrogen (secondary N) is 1. The minimum absolute atomic E-state index is 0.299. The van der Waals surface area contributed by atoms with Crippen LogP contribution >= 0.6 is 11.3 Å². The zero-order valence-corrected chi connectivity index (χ0v) is 16.6. The largest absolute Gasteiger partial charge is 0.490 e. The van der Waals surface area contributed by atoms with E-state index < -0.39 is 0 Å². The first-order valence-corrected chi connectivity index (χ1v) is 10.2. The van der Waals surface area contributed by atoms with Crippen molar-refractivity contribution < 1.29 is 18.9 Å². The highest BCUT2D eigenvalue weighted by Crippen LogP contribution is 2.32. The molecule has 0 aliphatic carbocycles. The van der Waals surface area contributed by atoms with Crippen molar-refractivity contribution in [3.8, 4) is 23.0 Å². The Morgan fingerprint density at radius 3 is 2.57 bits per heavy atom. The average Bonchev–Trinajstić information content (AvgIpc) is 3.39. The Bertz CT molecular complexity index is 911. The molecule has 28 heavy (non-hydrogen) atoms. The van der Waals surface area contributed by atoms with E-state index in [1.54, 1.807) is 11.3 Å². The first-order valence-electron chi connectivity index (χ1n) is 9.32. The summed E-state index contributed by atoms with van der Waals surface area (Å²) in [5.74, 6) is 3.17. The molecule has 0 unspecified atom stereocenters. The van der Waals surface area contributed by atoms with Gasteiger partial charge in [-0.1, -0.05) is 18.2 Å². The fraction of sp³-hybridized carbons (Fsp3) is 0.273. The Balaban J connectivity index is 1.35. The third-order valence-corrected chi connectivity index (χ3v) is 5.20. The van der Waals surface area contributed by atoms with E-state index in [0.29, 0.717) is 20.0 Å². The van der Waals surface area contributed by atoms with Crippen LogP contribution in [0.3, 0.4) is 0 Å². The predicted octanol–water partition coefficient (Wildman–Crippen LogP) is 4.74. The van der Waals surface area contributed by atoms with Gasteiger partial charge in [0.1, 0.15) is 6.61 Å². The molecule has 0 amide bonds. The first kappa shape index (κ1) is 18.7. The third kappa shape index (κ3) is 4.58. The van der Waals surface area contributed by atoms with Crippen LogP contribution in [0.4, 0.5) is 0 Å². The number of hydrogen-bond donors (Lipinski definition) is 1. The van der Waals surface area contributed by atoms with Crippen LogP contribution in [-0.2, 0) is 19.7 Å². The average molecular weight is 397 g/mol. The quantitative estimate of drug-likeness (QED) is 0.565. The predicted molar refractivity (Wildman–Crippen MR) is 109 cm³/mol. The molecule has 0 bridgehead atoms. The molecule has 0 radical (unpaired) electrons. The molecule has 146 valence electrons. The van der Waals surface area contributed by atoms with Crippen LogP contribution in [0.25, 0.3) is 0 Å². The molecule has 5 nitrogen and oxygen atoms in total. The molecule has 0 saturated carbocycles. The molecule has 2 heterocycles. The zero-order valence-electron chi connectivity index (χ0n) is 15.8. The van der Waals surface area contributed by atoms with Crippen molar-refractivity contribution in [2.24, 2.45) is 0 Å². The highest BCUT2D eigenvalue weighted by molar-refractivity contribution is 7.09. The van der Waals surface area contributed by atoms with Crippen molar-refractivity contribution in [1.82, 2.24) is 5.32 Å². The molecule has 0 atom stereocenters. The molecular weight excluding hydrogens is 374 g/mol. The van der Waals surface area contributed by atoms with E-state index in [9.17, 15) is 0 Å². The van der Waals surface area contributed by atoms with Gasteiger partial charge < -0.3 is 24.3 Å². The van der Waals surface area contributed by atoms with Gasteiger partial charge in [0, 0.05) is 18.0 Å². The molecule has 1 aliphatic rings. The number of thiophene rings is 1. The van der Waals surface area contributed by atoms with Gasteiger partial charge in [0.05, 0.1) is 6.61 Å². The Labute approximate surface area is 168 Å². The summed E-state index contributed by atoms with van der Waals surface area (Å²) in [6.45, 7) is 4.92. The summed E-state index contributed by atoms with van der Waals surface area (Å²) in [5, 5.41) is 5.51. The summed E-state index contributed by atoms with van der Waals surface area (Å²) < 4.78 is 22.5. The van der Waals surface area contributed by atoms with Gasteiger partial charge in [-0.2, -0.15) is 0 Å². The fourth-order valence-electron chi connectivity index (χ4n) is 3.00. The highest BCUT2D eigenvalue weighted by Gasteiger charge is 2.13. The number of hydrogen-bond acceptors (Lipinski definition) is 6. The van der Waals surface area contributed by atoms with Gasteiger partial charge in [-0.05, 0) is 53.8 Å². The summed E-state index contributed by atoms with van der Waals surface area (Å²) >= 11 is 1.69. The Morgan fingerprint density at radius 1 is 0.929 bits per heavy atom. The van der Waals surface area contributed by atoms with Crippen molar-refractivity contribution in [2.45, 2.75) is 26.6 Å². The molecule has 3 aromatic rings. The van der Waals surface area contributed by atoms with Crippen LogP contribution in [0, 0.1) is 0 Å². The third-order valence-electron chi connectivity index (χ3n) is 4.35. The molecular formula is C22H23NO4S. The van der Waals surface area contributed by atoms with Crippen LogP contribution in [0.15, 0.2) is 53.9 Å². The van der Waals surface area contributed by atoms with Crippen molar-refractivity contribution in [1.29, 1.82) is 0 Å². The van der Waals surface area contributed by atoms with Gasteiger partial charge in [0.2, 0.25) is 6.79 Å². The van der Waals surface area contributed by atoms with E-state index in [4.69, 9.17) is 18.9 Å². The lowest BCUT2D eigenvalue weighted by Gasteiger charge is -2.13. The maximum Gasteiger partial charge on any atom is 0.231 e. The minimum Gasteiger partial charge on any atom is -0.490 e. The lowest BCUT2D eigenvalue weighted by atomic mass is 10.1. The van der Waals surface area contributed by atoms with Gasteiger partial charge in [-0.25, -0.2) is 0 Å². The van der Waals surface area contributed by atoms with Gasteiger partial charge >= 0.3 is 0 Å². The Kier molecular flexibility index (Phi) is 5.99. The first-order chi connectivity index (χ1) is 13.8. The van der Waals surface area contributed by atoms with Gasteiger partial charge in [0.25, 0.3) is 0 Å². The van der Waals surface area contributed by atoms with Crippen LogP contribution in [-0.4, -0.2) is 13.4 Å². The number of fused-ring (bicyclic) bond motifs is 1. The smallest absolute Gasteiger partial charge is 0.231 e. The van der Waals surface area contributed by atoms with Crippen LogP contribution in [0.5, 0.6) is 23.0 Å². The van der Waals surface area contributed by atoms with Crippen molar-refractivity contribution in [3.63, 3.8) is 0 Å². The standard InChI is InChI=1S/C22H23NO4S/c1-2-24-21-10-16(5-7-19(21)25-14-18-4-3-9-28-18)12-23-13-17-6-8-20-22(11-17)27-15-26-20/h3-11,23H,2,12-15H2,1H3. The molecule has 0 fully saturated rings. The lowest BCUT2D eigenvalue weighted by Crippen LogP contribution is -2.13. The Hall–Kier alpha value is -2.70. The second-order valence-corrected chi connectivity index (χ2v) is 7.41. The number of rotatable bonds is 9. The molecule has 4 rings (SSSR count). The summed E-state index contributed by atoms with van der Waals surface area (Å²) in [6, 6.07) is 16.2.